The Bertz CT molecular complexity index is 1100. The summed E-state index contributed by atoms with van der Waals surface area (Å²) in [5, 5.41) is 15.5. The average Bonchev–Trinajstić information content (AvgIpc) is 2.73. The largest absolute Gasteiger partial charge is 0.489 e. The van der Waals surface area contributed by atoms with Crippen molar-refractivity contribution in [1.29, 1.82) is 0 Å². The third-order valence-corrected chi connectivity index (χ3v) is 4.46. The predicted octanol–water partition coefficient (Wildman–Crippen LogP) is 4.90. The summed E-state index contributed by atoms with van der Waals surface area (Å²) in [7, 11) is 0. The summed E-state index contributed by atoms with van der Waals surface area (Å²) in [6, 6.07) is 18.9. The van der Waals surface area contributed by atoms with Crippen LogP contribution in [0.1, 0.15) is 27.0 Å². The number of hydrogen-bond acceptors (Lipinski definition) is 5. The fourth-order valence-electron chi connectivity index (χ4n) is 2.62. The topological polar surface area (TPSA) is 93.8 Å². The lowest BCUT2D eigenvalue weighted by molar-refractivity contribution is -0.385. The maximum atomic E-state index is 12.1. The number of hydrazone groups is 1. The van der Waals surface area contributed by atoms with Crippen molar-refractivity contribution in [3.8, 4) is 5.75 Å². The molecular formula is C22H18ClN3O4. The van der Waals surface area contributed by atoms with E-state index in [0.717, 1.165) is 11.1 Å². The van der Waals surface area contributed by atoms with Gasteiger partial charge in [-0.05, 0) is 60.5 Å². The summed E-state index contributed by atoms with van der Waals surface area (Å²) < 4.78 is 5.71. The second kappa shape index (κ2) is 9.67. The van der Waals surface area contributed by atoms with Crippen LogP contribution in [-0.4, -0.2) is 17.0 Å². The predicted molar refractivity (Wildman–Crippen MR) is 115 cm³/mol. The zero-order chi connectivity index (χ0) is 21.5. The maximum absolute atomic E-state index is 12.1. The first-order valence-electron chi connectivity index (χ1n) is 8.98. The van der Waals surface area contributed by atoms with Crippen molar-refractivity contribution >= 4 is 29.4 Å². The minimum Gasteiger partial charge on any atom is -0.489 e. The Morgan fingerprint density at radius 3 is 2.63 bits per heavy atom. The number of ether oxygens (including phenoxy) is 1. The molecule has 0 aliphatic heterocycles. The highest BCUT2D eigenvalue weighted by atomic mass is 35.5. The molecule has 0 atom stereocenters. The van der Waals surface area contributed by atoms with E-state index < -0.39 is 10.8 Å². The van der Waals surface area contributed by atoms with Crippen molar-refractivity contribution in [3.63, 3.8) is 0 Å². The van der Waals surface area contributed by atoms with E-state index in [1.54, 1.807) is 37.3 Å². The molecule has 0 saturated carbocycles. The molecule has 0 unspecified atom stereocenters. The number of hydrogen-bond donors (Lipinski definition) is 1. The van der Waals surface area contributed by atoms with E-state index in [-0.39, 0.29) is 11.3 Å². The van der Waals surface area contributed by atoms with Crippen LogP contribution in [0.2, 0.25) is 5.02 Å². The molecular weight excluding hydrogens is 406 g/mol. The molecule has 152 valence electrons. The van der Waals surface area contributed by atoms with Gasteiger partial charge in [-0.25, -0.2) is 5.43 Å². The molecule has 3 aromatic rings. The summed E-state index contributed by atoms with van der Waals surface area (Å²) in [5.41, 5.74) is 4.61. The zero-order valence-corrected chi connectivity index (χ0v) is 16.8. The summed E-state index contributed by atoms with van der Waals surface area (Å²) >= 11 is 5.96. The second-order valence-corrected chi connectivity index (χ2v) is 6.88. The Hall–Kier alpha value is -3.71. The van der Waals surface area contributed by atoms with Crippen LogP contribution < -0.4 is 10.2 Å². The number of halogens is 1. The quantitative estimate of drug-likeness (QED) is 0.332. The van der Waals surface area contributed by atoms with Gasteiger partial charge in [0.15, 0.2) is 0 Å². The van der Waals surface area contributed by atoms with Gasteiger partial charge >= 0.3 is 0 Å². The average molecular weight is 424 g/mol. The number of carbonyl (C=O) groups excluding carboxylic acids is 1. The first-order valence-corrected chi connectivity index (χ1v) is 9.36. The molecule has 0 saturated heterocycles. The number of benzene rings is 3. The molecule has 0 heterocycles. The summed E-state index contributed by atoms with van der Waals surface area (Å²) in [6.45, 7) is 2.01. The highest BCUT2D eigenvalue weighted by molar-refractivity contribution is 6.30. The lowest BCUT2D eigenvalue weighted by Gasteiger charge is -2.07. The smallest absolute Gasteiger partial charge is 0.273 e. The van der Waals surface area contributed by atoms with Crippen molar-refractivity contribution in [3.05, 3.63) is 104 Å². The minimum absolute atomic E-state index is 0.111. The van der Waals surface area contributed by atoms with Crippen LogP contribution in [0, 0.1) is 17.0 Å². The normalized spacial score (nSPS) is 10.7. The Labute approximate surface area is 178 Å². The Kier molecular flexibility index (Phi) is 6.77. The van der Waals surface area contributed by atoms with Gasteiger partial charge in [-0.2, -0.15) is 5.10 Å². The van der Waals surface area contributed by atoms with Gasteiger partial charge < -0.3 is 4.74 Å². The van der Waals surface area contributed by atoms with Crippen LogP contribution in [0.25, 0.3) is 0 Å². The molecule has 0 spiro atoms. The monoisotopic (exact) mass is 423 g/mol. The molecule has 0 radical (unpaired) electrons. The molecule has 7 nitrogen and oxygen atoms in total. The number of carbonyl (C=O) groups is 1. The Morgan fingerprint density at radius 1 is 1.17 bits per heavy atom. The van der Waals surface area contributed by atoms with Crippen molar-refractivity contribution in [1.82, 2.24) is 5.43 Å². The number of rotatable bonds is 7. The number of aryl methyl sites for hydroxylation is 1. The first kappa shape index (κ1) is 21.0. The van der Waals surface area contributed by atoms with Crippen molar-refractivity contribution in [2.24, 2.45) is 5.10 Å². The molecule has 0 aliphatic carbocycles. The lowest BCUT2D eigenvalue weighted by atomic mass is 10.1. The third-order valence-electron chi connectivity index (χ3n) is 4.22. The molecule has 3 rings (SSSR count). The van der Waals surface area contributed by atoms with Crippen molar-refractivity contribution in [2.45, 2.75) is 13.5 Å². The maximum Gasteiger partial charge on any atom is 0.273 e. The van der Waals surface area contributed by atoms with E-state index in [0.29, 0.717) is 22.9 Å². The number of nitrogens with one attached hydrogen (secondary N) is 1. The molecule has 0 aromatic heterocycles. The molecule has 0 bridgehead atoms. The van der Waals surface area contributed by atoms with Crippen LogP contribution >= 0.6 is 11.6 Å². The standard InChI is InChI=1S/C22H18ClN3O4/c1-15-5-8-18(12-21(15)26(28)29)22(27)25-24-13-16-6-9-20(10-7-16)30-14-17-3-2-4-19(23)11-17/h2-13H,14H2,1H3,(H,25,27)/b24-13-. The molecule has 1 N–H and O–H groups in total. The Balaban J connectivity index is 1.55. The molecule has 30 heavy (non-hydrogen) atoms. The van der Waals surface area contributed by atoms with E-state index in [9.17, 15) is 14.9 Å². The van der Waals surface area contributed by atoms with Crippen LogP contribution in [-0.2, 0) is 6.61 Å². The van der Waals surface area contributed by atoms with Gasteiger partial charge in [-0.1, -0.05) is 29.8 Å². The van der Waals surface area contributed by atoms with Crippen molar-refractivity contribution < 1.29 is 14.5 Å². The van der Waals surface area contributed by atoms with Gasteiger partial charge in [0, 0.05) is 22.2 Å². The molecule has 8 heteroatoms. The first-order chi connectivity index (χ1) is 14.4. The minimum atomic E-state index is -0.532. The second-order valence-electron chi connectivity index (χ2n) is 6.45. The SMILES string of the molecule is Cc1ccc(C(=O)N/N=C\c2ccc(OCc3cccc(Cl)c3)cc2)cc1[N+](=O)[O-]. The van der Waals surface area contributed by atoms with E-state index in [1.165, 1.54) is 24.4 Å². The molecule has 1 amide bonds. The fraction of sp³-hybridized carbons (Fsp3) is 0.0909. The molecule has 0 fully saturated rings. The third kappa shape index (κ3) is 5.65. The van der Waals surface area contributed by atoms with Crippen molar-refractivity contribution in [2.75, 3.05) is 0 Å². The van der Waals surface area contributed by atoms with Gasteiger partial charge in [0.2, 0.25) is 0 Å². The van der Waals surface area contributed by atoms with E-state index >= 15 is 0 Å². The van der Waals surface area contributed by atoms with Gasteiger partial charge in [0.05, 0.1) is 11.1 Å². The van der Waals surface area contributed by atoms with Crippen LogP contribution in [0.5, 0.6) is 5.75 Å². The molecule has 0 aliphatic rings. The van der Waals surface area contributed by atoms with Gasteiger partial charge in [0.1, 0.15) is 12.4 Å². The van der Waals surface area contributed by atoms with E-state index in [4.69, 9.17) is 16.3 Å². The summed E-state index contributed by atoms with van der Waals surface area (Å²) in [6.07, 6.45) is 1.47. The number of nitrogens with zero attached hydrogens (tertiary/aromatic N) is 2. The lowest BCUT2D eigenvalue weighted by Crippen LogP contribution is -2.17. The summed E-state index contributed by atoms with van der Waals surface area (Å²) in [5.74, 6) is 0.152. The van der Waals surface area contributed by atoms with E-state index in [1.807, 2.05) is 18.2 Å². The highest BCUT2D eigenvalue weighted by Crippen LogP contribution is 2.19. The van der Waals surface area contributed by atoms with Crippen LogP contribution in [0.4, 0.5) is 5.69 Å². The van der Waals surface area contributed by atoms with Crippen LogP contribution in [0.3, 0.4) is 0 Å². The van der Waals surface area contributed by atoms with E-state index in [2.05, 4.69) is 10.5 Å². The zero-order valence-electron chi connectivity index (χ0n) is 16.0. The Morgan fingerprint density at radius 2 is 1.93 bits per heavy atom. The van der Waals surface area contributed by atoms with Gasteiger partial charge in [-0.3, -0.25) is 14.9 Å². The highest BCUT2D eigenvalue weighted by Gasteiger charge is 2.14. The van der Waals surface area contributed by atoms with Gasteiger partial charge in [-0.15, -0.1) is 0 Å². The fourth-order valence-corrected chi connectivity index (χ4v) is 2.83. The molecule has 3 aromatic carbocycles. The summed E-state index contributed by atoms with van der Waals surface area (Å²) in [4.78, 5) is 22.6. The number of nitro groups is 1. The number of nitro benzene ring substituents is 1. The van der Waals surface area contributed by atoms with Gasteiger partial charge in [0.25, 0.3) is 11.6 Å². The van der Waals surface area contributed by atoms with Crippen LogP contribution in [0.15, 0.2) is 71.8 Å². The number of amides is 1.